The summed E-state index contributed by atoms with van der Waals surface area (Å²) in [7, 11) is 1.65. The summed E-state index contributed by atoms with van der Waals surface area (Å²) in [4.78, 5) is 9.15. The lowest BCUT2D eigenvalue weighted by Crippen LogP contribution is -1.97. The van der Waals surface area contributed by atoms with Crippen molar-refractivity contribution in [3.8, 4) is 22.8 Å². The van der Waals surface area contributed by atoms with Gasteiger partial charge in [0.15, 0.2) is 5.82 Å². The fourth-order valence-electron chi connectivity index (χ4n) is 2.96. The Labute approximate surface area is 148 Å². The molecule has 7 nitrogen and oxygen atoms in total. The van der Waals surface area contributed by atoms with Crippen molar-refractivity contribution in [2.24, 2.45) is 0 Å². The predicted molar refractivity (Wildman–Crippen MR) is 98.3 cm³/mol. The minimum Gasteiger partial charge on any atom is -0.497 e. The molecule has 0 radical (unpaired) electrons. The SMILES string of the molecule is COc1ccc(-c2ncc3c(cnn3-c3ccc4cn[nH]c4c3)n2)cc1. The van der Waals surface area contributed by atoms with Crippen molar-refractivity contribution in [1.82, 2.24) is 29.9 Å². The Bertz CT molecular complexity index is 1220. The number of hydrogen-bond donors (Lipinski definition) is 1. The lowest BCUT2D eigenvalue weighted by atomic mass is 10.2. The molecule has 5 rings (SSSR count). The summed E-state index contributed by atoms with van der Waals surface area (Å²) in [5, 5.41) is 12.6. The number of aromatic nitrogens is 6. The van der Waals surface area contributed by atoms with Crippen LogP contribution < -0.4 is 4.74 Å². The number of fused-ring (bicyclic) bond motifs is 2. The first-order chi connectivity index (χ1) is 12.8. The molecule has 2 aromatic carbocycles. The van der Waals surface area contributed by atoms with Gasteiger partial charge in [-0.05, 0) is 42.5 Å². The molecule has 26 heavy (non-hydrogen) atoms. The van der Waals surface area contributed by atoms with Crippen LogP contribution in [0.3, 0.4) is 0 Å². The van der Waals surface area contributed by atoms with Gasteiger partial charge < -0.3 is 4.74 Å². The lowest BCUT2D eigenvalue weighted by Gasteiger charge is -2.05. The van der Waals surface area contributed by atoms with Crippen molar-refractivity contribution in [3.05, 3.63) is 61.1 Å². The molecule has 7 heteroatoms. The molecule has 0 aliphatic rings. The Morgan fingerprint density at radius 1 is 1.00 bits per heavy atom. The zero-order valence-corrected chi connectivity index (χ0v) is 13.9. The van der Waals surface area contributed by atoms with Crippen LogP contribution in [0.25, 0.3) is 39.0 Å². The van der Waals surface area contributed by atoms with Crippen LogP contribution in [-0.2, 0) is 0 Å². The largest absolute Gasteiger partial charge is 0.497 e. The molecule has 0 spiro atoms. The van der Waals surface area contributed by atoms with E-state index in [4.69, 9.17) is 4.74 Å². The number of H-pyrrole nitrogens is 1. The van der Waals surface area contributed by atoms with E-state index < -0.39 is 0 Å². The summed E-state index contributed by atoms with van der Waals surface area (Å²) in [6.45, 7) is 0. The summed E-state index contributed by atoms with van der Waals surface area (Å²) in [6.07, 6.45) is 5.35. The van der Waals surface area contributed by atoms with Gasteiger partial charge in [0.05, 0.1) is 36.9 Å². The molecular weight excluding hydrogens is 328 g/mol. The number of hydrogen-bond acceptors (Lipinski definition) is 5. The Hall–Kier alpha value is -3.74. The lowest BCUT2D eigenvalue weighted by molar-refractivity contribution is 0.415. The van der Waals surface area contributed by atoms with Crippen molar-refractivity contribution < 1.29 is 4.74 Å². The topological polar surface area (TPSA) is 81.5 Å². The average Bonchev–Trinajstić information content (AvgIpc) is 3.33. The smallest absolute Gasteiger partial charge is 0.159 e. The van der Waals surface area contributed by atoms with E-state index in [0.717, 1.165) is 38.9 Å². The van der Waals surface area contributed by atoms with Gasteiger partial charge in [-0.2, -0.15) is 10.2 Å². The number of rotatable bonds is 3. The van der Waals surface area contributed by atoms with E-state index in [1.165, 1.54) is 0 Å². The summed E-state index contributed by atoms with van der Waals surface area (Å²) in [6, 6.07) is 13.7. The van der Waals surface area contributed by atoms with Crippen LogP contribution in [0.5, 0.6) is 5.75 Å². The molecule has 0 aliphatic carbocycles. The second-order valence-electron chi connectivity index (χ2n) is 5.89. The van der Waals surface area contributed by atoms with E-state index in [-0.39, 0.29) is 0 Å². The molecule has 0 saturated carbocycles. The van der Waals surface area contributed by atoms with Crippen LogP contribution in [0.15, 0.2) is 61.1 Å². The Morgan fingerprint density at radius 2 is 1.88 bits per heavy atom. The highest BCUT2D eigenvalue weighted by atomic mass is 16.5. The molecule has 0 atom stereocenters. The van der Waals surface area contributed by atoms with Crippen molar-refractivity contribution >= 4 is 21.9 Å². The fourth-order valence-corrected chi connectivity index (χ4v) is 2.96. The van der Waals surface area contributed by atoms with Crippen LogP contribution in [0.1, 0.15) is 0 Å². The maximum absolute atomic E-state index is 5.19. The second-order valence-corrected chi connectivity index (χ2v) is 5.89. The summed E-state index contributed by atoms with van der Waals surface area (Å²) < 4.78 is 7.02. The number of ether oxygens (including phenoxy) is 1. The van der Waals surface area contributed by atoms with E-state index in [9.17, 15) is 0 Å². The molecule has 0 unspecified atom stereocenters. The molecule has 0 saturated heterocycles. The van der Waals surface area contributed by atoms with Gasteiger partial charge in [0, 0.05) is 10.9 Å². The average molecular weight is 342 g/mol. The van der Waals surface area contributed by atoms with Gasteiger partial charge in [-0.1, -0.05) is 0 Å². The number of methoxy groups -OCH3 is 1. The Balaban J connectivity index is 1.58. The highest BCUT2D eigenvalue weighted by molar-refractivity contribution is 5.82. The molecule has 0 aliphatic heterocycles. The molecule has 3 heterocycles. The van der Waals surface area contributed by atoms with Crippen LogP contribution in [0.2, 0.25) is 0 Å². The Kier molecular flexibility index (Phi) is 3.18. The second kappa shape index (κ2) is 5.66. The summed E-state index contributed by atoms with van der Waals surface area (Å²) >= 11 is 0. The third-order valence-corrected chi connectivity index (χ3v) is 4.34. The van der Waals surface area contributed by atoms with E-state index in [0.29, 0.717) is 5.82 Å². The zero-order valence-electron chi connectivity index (χ0n) is 13.9. The van der Waals surface area contributed by atoms with E-state index in [2.05, 4.69) is 25.3 Å². The third-order valence-electron chi connectivity index (χ3n) is 4.34. The van der Waals surface area contributed by atoms with Gasteiger partial charge >= 0.3 is 0 Å². The first-order valence-electron chi connectivity index (χ1n) is 8.10. The standard InChI is InChI=1S/C19H14N6O/c1-26-15-6-3-12(4-7-15)19-20-11-18-17(23-19)10-22-25(18)14-5-2-13-9-21-24-16(13)8-14/h2-11H,1H3,(H,21,24). The number of benzene rings is 2. The number of nitrogens with zero attached hydrogens (tertiary/aromatic N) is 5. The first-order valence-corrected chi connectivity index (χ1v) is 8.10. The van der Waals surface area contributed by atoms with Crippen molar-refractivity contribution in [2.45, 2.75) is 0 Å². The highest BCUT2D eigenvalue weighted by Crippen LogP contribution is 2.23. The summed E-state index contributed by atoms with van der Waals surface area (Å²) in [5.41, 5.74) is 4.45. The maximum Gasteiger partial charge on any atom is 0.159 e. The van der Waals surface area contributed by atoms with Gasteiger partial charge in [-0.25, -0.2) is 14.6 Å². The van der Waals surface area contributed by atoms with Gasteiger partial charge in [0.2, 0.25) is 0 Å². The molecule has 0 amide bonds. The van der Waals surface area contributed by atoms with E-state index in [1.807, 2.05) is 47.1 Å². The monoisotopic (exact) mass is 342 g/mol. The molecule has 5 aromatic rings. The minimum absolute atomic E-state index is 0.656. The highest BCUT2D eigenvalue weighted by Gasteiger charge is 2.10. The van der Waals surface area contributed by atoms with E-state index >= 15 is 0 Å². The van der Waals surface area contributed by atoms with Crippen LogP contribution in [0, 0.1) is 0 Å². The van der Waals surface area contributed by atoms with E-state index in [1.54, 1.807) is 25.7 Å². The first kappa shape index (κ1) is 14.6. The van der Waals surface area contributed by atoms with Gasteiger partial charge in [-0.15, -0.1) is 0 Å². The molecule has 0 fully saturated rings. The quantitative estimate of drug-likeness (QED) is 0.544. The van der Waals surface area contributed by atoms with Gasteiger partial charge in [0.1, 0.15) is 16.8 Å². The van der Waals surface area contributed by atoms with Gasteiger partial charge in [-0.3, -0.25) is 5.10 Å². The van der Waals surface area contributed by atoms with Gasteiger partial charge in [0.25, 0.3) is 0 Å². The number of aromatic amines is 1. The van der Waals surface area contributed by atoms with Crippen LogP contribution in [-0.4, -0.2) is 37.1 Å². The van der Waals surface area contributed by atoms with Crippen molar-refractivity contribution in [1.29, 1.82) is 0 Å². The molecule has 126 valence electrons. The molecule has 0 bridgehead atoms. The molecular formula is C19H14N6O. The maximum atomic E-state index is 5.19. The predicted octanol–water partition coefficient (Wildman–Crippen LogP) is 3.37. The summed E-state index contributed by atoms with van der Waals surface area (Å²) in [5.74, 6) is 1.46. The number of nitrogens with one attached hydrogen (secondary N) is 1. The molecule has 3 aromatic heterocycles. The van der Waals surface area contributed by atoms with Crippen molar-refractivity contribution in [2.75, 3.05) is 7.11 Å². The third kappa shape index (κ3) is 2.29. The zero-order chi connectivity index (χ0) is 17.5. The van der Waals surface area contributed by atoms with Crippen LogP contribution in [0.4, 0.5) is 0 Å². The fraction of sp³-hybridized carbons (Fsp3) is 0.0526. The normalized spacial score (nSPS) is 11.3. The minimum atomic E-state index is 0.656. The van der Waals surface area contributed by atoms with Crippen LogP contribution >= 0.6 is 0 Å². The van der Waals surface area contributed by atoms with Crippen molar-refractivity contribution in [3.63, 3.8) is 0 Å². The Morgan fingerprint density at radius 3 is 2.73 bits per heavy atom. The molecule has 1 N–H and O–H groups in total.